The minimum atomic E-state index is -3.74. The standard InChI is InChI=1S/C23H29N3O7S/c1-30-17-3-5-19(22(15-17)31-2)23(27)24-20-16-18(34(28,29)26-9-13-33-14-10-26)4-6-21(20)25-7-11-32-12-8-25/h3-6,15-16H,7-14H2,1-2H3,(H,24,27). The highest BCUT2D eigenvalue weighted by Crippen LogP contribution is 2.33. The van der Waals surface area contributed by atoms with Gasteiger partial charge in [-0.05, 0) is 30.3 Å². The highest BCUT2D eigenvalue weighted by molar-refractivity contribution is 7.89. The molecular weight excluding hydrogens is 462 g/mol. The van der Waals surface area contributed by atoms with Crippen molar-refractivity contribution in [3.05, 3.63) is 42.0 Å². The molecule has 1 amide bonds. The van der Waals surface area contributed by atoms with Crippen LogP contribution in [0.25, 0.3) is 0 Å². The van der Waals surface area contributed by atoms with Gasteiger partial charge in [-0.2, -0.15) is 4.31 Å². The van der Waals surface area contributed by atoms with Gasteiger partial charge in [0.1, 0.15) is 11.5 Å². The van der Waals surface area contributed by atoms with Crippen LogP contribution >= 0.6 is 0 Å². The Hall–Kier alpha value is -2.86. The molecule has 0 unspecified atom stereocenters. The summed E-state index contributed by atoms with van der Waals surface area (Å²) in [7, 11) is -0.733. The Bertz CT molecular complexity index is 1130. The van der Waals surface area contributed by atoms with E-state index in [9.17, 15) is 13.2 Å². The molecule has 2 aromatic rings. The number of carbonyl (C=O) groups is 1. The van der Waals surface area contributed by atoms with Crippen molar-refractivity contribution in [2.45, 2.75) is 4.90 Å². The third-order valence-corrected chi connectivity index (χ3v) is 7.72. The zero-order valence-corrected chi connectivity index (χ0v) is 20.1. The molecule has 34 heavy (non-hydrogen) atoms. The number of hydrogen-bond acceptors (Lipinski definition) is 8. The molecule has 0 aromatic heterocycles. The second-order valence-corrected chi connectivity index (χ2v) is 9.75. The number of amides is 1. The maximum Gasteiger partial charge on any atom is 0.259 e. The van der Waals surface area contributed by atoms with Crippen molar-refractivity contribution >= 4 is 27.3 Å². The molecule has 2 heterocycles. The summed E-state index contributed by atoms with van der Waals surface area (Å²) in [5.74, 6) is 0.484. The third-order valence-electron chi connectivity index (χ3n) is 5.83. The number of sulfonamides is 1. The maximum absolute atomic E-state index is 13.2. The lowest BCUT2D eigenvalue weighted by Gasteiger charge is -2.31. The molecule has 0 radical (unpaired) electrons. The molecule has 184 valence electrons. The Morgan fingerprint density at radius 2 is 1.59 bits per heavy atom. The Morgan fingerprint density at radius 1 is 0.912 bits per heavy atom. The molecule has 2 fully saturated rings. The van der Waals surface area contributed by atoms with E-state index in [1.165, 1.54) is 24.6 Å². The SMILES string of the molecule is COc1ccc(C(=O)Nc2cc(S(=O)(=O)N3CCOCC3)ccc2N2CCOCC2)c(OC)c1. The molecule has 4 rings (SSSR count). The summed E-state index contributed by atoms with van der Waals surface area (Å²) in [4.78, 5) is 15.4. The lowest BCUT2D eigenvalue weighted by Crippen LogP contribution is -2.40. The summed E-state index contributed by atoms with van der Waals surface area (Å²) in [5.41, 5.74) is 1.43. The predicted octanol–water partition coefficient (Wildman–Crippen LogP) is 1.81. The predicted molar refractivity (Wildman–Crippen MR) is 127 cm³/mol. The molecular formula is C23H29N3O7S. The molecule has 0 aliphatic carbocycles. The fraction of sp³-hybridized carbons (Fsp3) is 0.435. The van der Waals surface area contributed by atoms with Crippen molar-refractivity contribution in [3.63, 3.8) is 0 Å². The second kappa shape index (κ2) is 10.6. The van der Waals surface area contributed by atoms with Crippen LogP contribution in [0.15, 0.2) is 41.3 Å². The van der Waals surface area contributed by atoms with Gasteiger partial charge in [-0.15, -0.1) is 0 Å². The molecule has 2 aliphatic rings. The first-order valence-corrected chi connectivity index (χ1v) is 12.5. The van der Waals surface area contributed by atoms with Crippen LogP contribution in [0.2, 0.25) is 0 Å². The first-order valence-electron chi connectivity index (χ1n) is 11.0. The first-order chi connectivity index (χ1) is 16.4. The van der Waals surface area contributed by atoms with Gasteiger partial charge in [-0.3, -0.25) is 4.79 Å². The monoisotopic (exact) mass is 491 g/mol. The van der Waals surface area contributed by atoms with E-state index in [0.29, 0.717) is 62.3 Å². The molecule has 0 saturated carbocycles. The number of hydrogen-bond donors (Lipinski definition) is 1. The van der Waals surface area contributed by atoms with Gasteiger partial charge in [0, 0.05) is 32.2 Å². The molecule has 2 aliphatic heterocycles. The summed E-state index contributed by atoms with van der Waals surface area (Å²) in [6, 6.07) is 9.73. The first kappa shape index (κ1) is 24.3. The van der Waals surface area contributed by atoms with E-state index in [1.807, 2.05) is 0 Å². The zero-order valence-electron chi connectivity index (χ0n) is 19.3. The van der Waals surface area contributed by atoms with E-state index >= 15 is 0 Å². The van der Waals surface area contributed by atoms with Gasteiger partial charge in [0.2, 0.25) is 10.0 Å². The highest BCUT2D eigenvalue weighted by atomic mass is 32.2. The maximum atomic E-state index is 13.2. The van der Waals surface area contributed by atoms with E-state index in [0.717, 1.165) is 5.69 Å². The summed E-state index contributed by atoms with van der Waals surface area (Å²) in [6.07, 6.45) is 0. The molecule has 2 aromatic carbocycles. The summed E-state index contributed by atoms with van der Waals surface area (Å²) >= 11 is 0. The number of nitrogens with one attached hydrogen (secondary N) is 1. The Kier molecular flexibility index (Phi) is 7.57. The van der Waals surface area contributed by atoms with E-state index in [2.05, 4.69) is 10.2 Å². The van der Waals surface area contributed by atoms with E-state index in [4.69, 9.17) is 18.9 Å². The molecule has 10 nitrogen and oxygen atoms in total. The lowest BCUT2D eigenvalue weighted by atomic mass is 10.1. The van der Waals surface area contributed by atoms with Crippen LogP contribution in [0.5, 0.6) is 11.5 Å². The van der Waals surface area contributed by atoms with Crippen molar-refractivity contribution in [1.29, 1.82) is 0 Å². The van der Waals surface area contributed by atoms with E-state index in [1.54, 1.807) is 30.3 Å². The Labute approximate surface area is 199 Å². The number of carbonyl (C=O) groups excluding carboxylic acids is 1. The van der Waals surface area contributed by atoms with E-state index in [-0.39, 0.29) is 18.0 Å². The molecule has 1 N–H and O–H groups in total. The highest BCUT2D eigenvalue weighted by Gasteiger charge is 2.28. The number of benzene rings is 2. The molecule has 0 bridgehead atoms. The van der Waals surface area contributed by atoms with Crippen LogP contribution in [-0.2, 0) is 19.5 Å². The van der Waals surface area contributed by atoms with Crippen LogP contribution in [0, 0.1) is 0 Å². The molecule has 2 saturated heterocycles. The van der Waals surface area contributed by atoms with Crippen LogP contribution in [0.4, 0.5) is 11.4 Å². The van der Waals surface area contributed by atoms with Crippen molar-refractivity contribution < 1.29 is 32.2 Å². The topological polar surface area (TPSA) is 107 Å². The van der Waals surface area contributed by atoms with Gasteiger partial charge in [0.25, 0.3) is 5.91 Å². The average molecular weight is 492 g/mol. The quantitative estimate of drug-likeness (QED) is 0.625. The van der Waals surface area contributed by atoms with Gasteiger partial charge < -0.3 is 29.2 Å². The Morgan fingerprint density at radius 3 is 2.24 bits per heavy atom. The number of morpholine rings is 2. The smallest absolute Gasteiger partial charge is 0.259 e. The largest absolute Gasteiger partial charge is 0.497 e. The lowest BCUT2D eigenvalue weighted by molar-refractivity contribution is 0.0730. The molecule has 0 spiro atoms. The van der Waals surface area contributed by atoms with Crippen LogP contribution in [-0.4, -0.2) is 85.5 Å². The minimum Gasteiger partial charge on any atom is -0.497 e. The van der Waals surface area contributed by atoms with Crippen LogP contribution < -0.4 is 19.7 Å². The Balaban J connectivity index is 1.69. The minimum absolute atomic E-state index is 0.114. The number of anilines is 2. The summed E-state index contributed by atoms with van der Waals surface area (Å²) in [5, 5.41) is 2.90. The molecule has 0 atom stereocenters. The van der Waals surface area contributed by atoms with Gasteiger partial charge in [0.05, 0.1) is 62.5 Å². The average Bonchev–Trinajstić information content (AvgIpc) is 2.89. The third kappa shape index (κ3) is 5.12. The van der Waals surface area contributed by atoms with Gasteiger partial charge in [0.15, 0.2) is 0 Å². The zero-order chi connectivity index (χ0) is 24.1. The van der Waals surface area contributed by atoms with Crippen molar-refractivity contribution in [3.8, 4) is 11.5 Å². The number of nitrogens with zero attached hydrogens (tertiary/aromatic N) is 2. The normalized spacial score (nSPS) is 17.3. The van der Waals surface area contributed by atoms with Gasteiger partial charge in [-0.25, -0.2) is 8.42 Å². The van der Waals surface area contributed by atoms with Crippen LogP contribution in [0.1, 0.15) is 10.4 Å². The van der Waals surface area contributed by atoms with Crippen molar-refractivity contribution in [2.24, 2.45) is 0 Å². The van der Waals surface area contributed by atoms with Gasteiger partial charge in [-0.1, -0.05) is 0 Å². The van der Waals surface area contributed by atoms with Gasteiger partial charge >= 0.3 is 0 Å². The summed E-state index contributed by atoms with van der Waals surface area (Å²) in [6.45, 7) is 3.64. The van der Waals surface area contributed by atoms with Crippen molar-refractivity contribution in [2.75, 3.05) is 77.0 Å². The molecule has 11 heteroatoms. The number of rotatable bonds is 7. The summed E-state index contributed by atoms with van der Waals surface area (Å²) < 4.78 is 49.2. The number of methoxy groups -OCH3 is 2. The van der Waals surface area contributed by atoms with Crippen molar-refractivity contribution in [1.82, 2.24) is 4.31 Å². The second-order valence-electron chi connectivity index (χ2n) is 7.82. The fourth-order valence-electron chi connectivity index (χ4n) is 3.97. The number of ether oxygens (including phenoxy) is 4. The fourth-order valence-corrected chi connectivity index (χ4v) is 5.40. The van der Waals surface area contributed by atoms with E-state index < -0.39 is 15.9 Å². The van der Waals surface area contributed by atoms with Crippen LogP contribution in [0.3, 0.4) is 0 Å².